The van der Waals surface area contributed by atoms with Gasteiger partial charge in [0.25, 0.3) is 0 Å². The normalized spacial score (nSPS) is 28.2. The van der Waals surface area contributed by atoms with Crippen LogP contribution in [0.5, 0.6) is 0 Å². The second-order valence-corrected chi connectivity index (χ2v) is 4.16. The molecular formula is C10H18N4O. The lowest BCUT2D eigenvalue weighted by atomic mass is 10.1. The minimum atomic E-state index is 0.214. The van der Waals surface area contributed by atoms with E-state index in [-0.39, 0.29) is 6.04 Å². The maximum atomic E-state index is 5.51. The van der Waals surface area contributed by atoms with Crippen molar-refractivity contribution in [3.8, 4) is 0 Å². The highest BCUT2D eigenvalue weighted by Crippen LogP contribution is 2.17. The summed E-state index contributed by atoms with van der Waals surface area (Å²) in [5, 5.41) is 11.5. The van der Waals surface area contributed by atoms with E-state index in [4.69, 9.17) is 4.74 Å². The highest BCUT2D eigenvalue weighted by Gasteiger charge is 2.26. The van der Waals surface area contributed by atoms with Gasteiger partial charge in [0, 0.05) is 19.7 Å². The number of hydrogen-bond acceptors (Lipinski definition) is 4. The summed E-state index contributed by atoms with van der Waals surface area (Å²) in [5.41, 5.74) is 0. The van der Waals surface area contributed by atoms with Crippen molar-refractivity contribution in [3.63, 3.8) is 0 Å². The van der Waals surface area contributed by atoms with E-state index >= 15 is 0 Å². The third-order valence-electron chi connectivity index (χ3n) is 2.97. The number of hydrogen-bond donors (Lipinski definition) is 1. The third-order valence-corrected chi connectivity index (χ3v) is 2.97. The lowest BCUT2D eigenvalue weighted by Gasteiger charge is -2.20. The smallest absolute Gasteiger partial charge is 0.149 e. The number of rotatable bonds is 3. The Balaban J connectivity index is 1.97. The van der Waals surface area contributed by atoms with Crippen LogP contribution in [0, 0.1) is 0 Å². The third kappa shape index (κ3) is 2.18. The topological polar surface area (TPSA) is 52.0 Å². The summed E-state index contributed by atoms with van der Waals surface area (Å²) in [6.07, 6.45) is 3.09. The molecule has 1 aromatic rings. The van der Waals surface area contributed by atoms with Gasteiger partial charge in [0.15, 0.2) is 0 Å². The van der Waals surface area contributed by atoms with Crippen LogP contribution in [0.4, 0.5) is 0 Å². The van der Waals surface area contributed by atoms with Crippen molar-refractivity contribution in [3.05, 3.63) is 12.2 Å². The van der Waals surface area contributed by atoms with Crippen molar-refractivity contribution in [2.45, 2.75) is 38.5 Å². The summed E-state index contributed by atoms with van der Waals surface area (Å²) >= 11 is 0. The van der Waals surface area contributed by atoms with Gasteiger partial charge in [-0.25, -0.2) is 0 Å². The van der Waals surface area contributed by atoms with Crippen LogP contribution in [-0.4, -0.2) is 33.5 Å². The van der Waals surface area contributed by atoms with Crippen molar-refractivity contribution in [2.75, 3.05) is 6.61 Å². The first-order valence-corrected chi connectivity index (χ1v) is 5.40. The second-order valence-electron chi connectivity index (χ2n) is 4.16. The zero-order chi connectivity index (χ0) is 10.8. The van der Waals surface area contributed by atoms with Crippen LogP contribution in [0.25, 0.3) is 0 Å². The molecule has 1 aliphatic rings. The first-order valence-electron chi connectivity index (χ1n) is 5.40. The molecule has 0 aliphatic carbocycles. The van der Waals surface area contributed by atoms with E-state index in [9.17, 15) is 0 Å². The van der Waals surface area contributed by atoms with Crippen molar-refractivity contribution in [1.29, 1.82) is 0 Å². The van der Waals surface area contributed by atoms with E-state index in [2.05, 4.69) is 29.4 Å². The van der Waals surface area contributed by atoms with Gasteiger partial charge in [0.05, 0.1) is 12.1 Å². The summed E-state index contributed by atoms with van der Waals surface area (Å²) in [6, 6.07) is 0.642. The van der Waals surface area contributed by atoms with Crippen molar-refractivity contribution in [1.82, 2.24) is 20.1 Å². The molecule has 5 nitrogen and oxygen atoms in total. The minimum absolute atomic E-state index is 0.214. The van der Waals surface area contributed by atoms with Gasteiger partial charge in [-0.15, -0.1) is 10.2 Å². The molecule has 0 aromatic carbocycles. The van der Waals surface area contributed by atoms with E-state index in [1.165, 1.54) is 0 Å². The van der Waals surface area contributed by atoms with Crippen molar-refractivity contribution < 1.29 is 4.74 Å². The van der Waals surface area contributed by atoms with Crippen LogP contribution in [0.2, 0.25) is 0 Å². The molecule has 84 valence electrons. The number of nitrogens with zero attached hydrogens (tertiary/aromatic N) is 3. The van der Waals surface area contributed by atoms with E-state index in [0.717, 1.165) is 18.9 Å². The number of aromatic nitrogens is 3. The molecular weight excluding hydrogens is 192 g/mol. The Labute approximate surface area is 89.8 Å². The number of ether oxygens (including phenoxy) is 1. The molecule has 0 bridgehead atoms. The summed E-state index contributed by atoms with van der Waals surface area (Å²) in [7, 11) is 1.96. The Morgan fingerprint density at radius 1 is 1.67 bits per heavy atom. The Bertz CT molecular complexity index is 325. The van der Waals surface area contributed by atoms with E-state index in [1.54, 1.807) is 6.33 Å². The first-order chi connectivity index (χ1) is 7.18. The maximum absolute atomic E-state index is 5.51. The van der Waals surface area contributed by atoms with Gasteiger partial charge >= 0.3 is 0 Å². The Morgan fingerprint density at radius 3 is 3.00 bits per heavy atom. The summed E-state index contributed by atoms with van der Waals surface area (Å²) in [6.45, 7) is 5.06. The second kappa shape index (κ2) is 4.28. The molecule has 3 atom stereocenters. The summed E-state index contributed by atoms with van der Waals surface area (Å²) < 4.78 is 7.45. The lowest BCUT2D eigenvalue weighted by Crippen LogP contribution is -2.37. The standard InChI is InChI=1S/C10H18N4O/c1-7(10-13-11-6-14(10)3)12-9-4-5-15-8(9)2/h6-9,12H,4-5H2,1-3H3. The van der Waals surface area contributed by atoms with E-state index < -0.39 is 0 Å². The van der Waals surface area contributed by atoms with Gasteiger partial charge in [0.2, 0.25) is 0 Å². The zero-order valence-electron chi connectivity index (χ0n) is 9.47. The van der Waals surface area contributed by atoms with Crippen LogP contribution in [-0.2, 0) is 11.8 Å². The molecule has 1 fully saturated rings. The molecule has 1 saturated heterocycles. The van der Waals surface area contributed by atoms with Gasteiger partial charge in [-0.2, -0.15) is 0 Å². The Hall–Kier alpha value is -0.940. The molecule has 1 aromatic heterocycles. The van der Waals surface area contributed by atoms with Crippen molar-refractivity contribution in [2.24, 2.45) is 7.05 Å². The van der Waals surface area contributed by atoms with E-state index in [1.807, 2.05) is 11.6 Å². The predicted octanol–water partition coefficient (Wildman–Crippen LogP) is 0.643. The fourth-order valence-electron chi connectivity index (χ4n) is 2.03. The molecule has 0 radical (unpaired) electrons. The van der Waals surface area contributed by atoms with Crippen molar-refractivity contribution >= 4 is 0 Å². The van der Waals surface area contributed by atoms with Crippen LogP contribution in [0.3, 0.4) is 0 Å². The number of aryl methyl sites for hydroxylation is 1. The molecule has 5 heteroatoms. The predicted molar refractivity (Wildman–Crippen MR) is 56.4 cm³/mol. The fourth-order valence-corrected chi connectivity index (χ4v) is 2.03. The Morgan fingerprint density at radius 2 is 2.47 bits per heavy atom. The molecule has 1 N–H and O–H groups in total. The molecule has 0 saturated carbocycles. The quantitative estimate of drug-likeness (QED) is 0.795. The molecule has 2 heterocycles. The SMILES string of the molecule is CC(NC1CCOC1C)c1nncn1C. The summed E-state index contributed by atoms with van der Waals surface area (Å²) in [4.78, 5) is 0. The van der Waals surface area contributed by atoms with Gasteiger partial charge in [-0.1, -0.05) is 0 Å². The molecule has 2 rings (SSSR count). The van der Waals surface area contributed by atoms with Crippen LogP contribution < -0.4 is 5.32 Å². The average Bonchev–Trinajstić information content (AvgIpc) is 2.76. The molecule has 0 amide bonds. The highest BCUT2D eigenvalue weighted by atomic mass is 16.5. The molecule has 1 aliphatic heterocycles. The largest absolute Gasteiger partial charge is 0.377 e. The highest BCUT2D eigenvalue weighted by molar-refractivity contribution is 4.94. The lowest BCUT2D eigenvalue weighted by molar-refractivity contribution is 0.111. The van der Waals surface area contributed by atoms with Gasteiger partial charge in [-0.05, 0) is 20.3 Å². The number of nitrogens with one attached hydrogen (secondary N) is 1. The van der Waals surface area contributed by atoms with Crippen LogP contribution in [0.15, 0.2) is 6.33 Å². The zero-order valence-corrected chi connectivity index (χ0v) is 9.47. The average molecular weight is 210 g/mol. The van der Waals surface area contributed by atoms with Crippen LogP contribution in [0.1, 0.15) is 32.1 Å². The summed E-state index contributed by atoms with van der Waals surface area (Å²) in [5.74, 6) is 0.967. The van der Waals surface area contributed by atoms with Gasteiger partial charge in [0.1, 0.15) is 12.2 Å². The Kier molecular flexibility index (Phi) is 3.02. The van der Waals surface area contributed by atoms with Gasteiger partial charge in [-0.3, -0.25) is 0 Å². The first kappa shape index (κ1) is 10.6. The molecule has 15 heavy (non-hydrogen) atoms. The van der Waals surface area contributed by atoms with Gasteiger partial charge < -0.3 is 14.6 Å². The minimum Gasteiger partial charge on any atom is -0.377 e. The fraction of sp³-hybridized carbons (Fsp3) is 0.800. The monoisotopic (exact) mass is 210 g/mol. The van der Waals surface area contributed by atoms with E-state index in [0.29, 0.717) is 12.1 Å². The molecule has 0 spiro atoms. The van der Waals surface area contributed by atoms with Crippen LogP contribution >= 0.6 is 0 Å². The maximum Gasteiger partial charge on any atom is 0.149 e. The molecule has 3 unspecified atom stereocenters.